The highest BCUT2D eigenvalue weighted by atomic mass is 32.1. The van der Waals surface area contributed by atoms with Crippen molar-refractivity contribution in [2.24, 2.45) is 0 Å². The second kappa shape index (κ2) is 10.6. The van der Waals surface area contributed by atoms with Crippen LogP contribution in [-0.4, -0.2) is 31.2 Å². The number of para-hydroxylation sites is 1. The number of carbonyl (C=O) groups is 1. The molecule has 186 valence electrons. The smallest absolute Gasteiger partial charge is 0.263 e. The Morgan fingerprint density at radius 2 is 1.72 bits per heavy atom. The third-order valence-electron chi connectivity index (χ3n) is 6.86. The Labute approximate surface area is 215 Å². The molecule has 0 aliphatic heterocycles. The second-order valence-corrected chi connectivity index (χ2v) is 10.1. The standard InChI is InChI=1S/C29H31N3O3S/c1-34-23-16-10-15-20(26(23)35-2)21-17-22(18-11-6-5-7-12-18)32-29-24(21)25(30)27(36-29)28(33)31-19-13-8-3-4-9-14-19/h5-7,10-12,15-17,19H,3-4,8-9,13-14,30H2,1-2H3,(H,31,33). The summed E-state index contributed by atoms with van der Waals surface area (Å²) in [6, 6.07) is 18.0. The summed E-state index contributed by atoms with van der Waals surface area (Å²) in [6.07, 6.45) is 6.78. The van der Waals surface area contributed by atoms with Crippen molar-refractivity contribution in [3.8, 4) is 33.9 Å². The molecular weight excluding hydrogens is 470 g/mol. The molecule has 1 aliphatic rings. The number of thiophene rings is 1. The van der Waals surface area contributed by atoms with Crippen molar-refractivity contribution in [3.63, 3.8) is 0 Å². The topological polar surface area (TPSA) is 86.5 Å². The number of methoxy groups -OCH3 is 2. The highest BCUT2D eigenvalue weighted by molar-refractivity contribution is 7.21. The molecule has 6 nitrogen and oxygen atoms in total. The Kier molecular flexibility index (Phi) is 7.09. The third kappa shape index (κ3) is 4.63. The lowest BCUT2D eigenvalue weighted by atomic mass is 9.98. The van der Waals surface area contributed by atoms with Gasteiger partial charge in [-0.2, -0.15) is 0 Å². The van der Waals surface area contributed by atoms with Crippen LogP contribution in [0.5, 0.6) is 11.5 Å². The van der Waals surface area contributed by atoms with E-state index in [1.165, 1.54) is 24.2 Å². The van der Waals surface area contributed by atoms with Crippen LogP contribution in [0.2, 0.25) is 0 Å². The highest BCUT2D eigenvalue weighted by Gasteiger charge is 2.25. The molecule has 1 aliphatic carbocycles. The lowest BCUT2D eigenvalue weighted by Crippen LogP contribution is -2.34. The number of nitrogens with two attached hydrogens (primary N) is 1. The quantitative estimate of drug-likeness (QED) is 0.288. The highest BCUT2D eigenvalue weighted by Crippen LogP contribution is 2.46. The number of amides is 1. The molecule has 4 aromatic rings. The van der Waals surface area contributed by atoms with E-state index in [9.17, 15) is 4.79 Å². The summed E-state index contributed by atoms with van der Waals surface area (Å²) in [5, 5.41) is 4.00. The van der Waals surface area contributed by atoms with E-state index in [2.05, 4.69) is 5.32 Å². The maximum Gasteiger partial charge on any atom is 0.263 e. The first-order chi connectivity index (χ1) is 17.6. The van der Waals surface area contributed by atoms with Gasteiger partial charge in [0.2, 0.25) is 0 Å². The Morgan fingerprint density at radius 1 is 0.972 bits per heavy atom. The number of benzene rings is 2. The largest absolute Gasteiger partial charge is 0.493 e. The average Bonchev–Trinajstić information content (AvgIpc) is 3.06. The van der Waals surface area contributed by atoms with Gasteiger partial charge < -0.3 is 20.5 Å². The van der Waals surface area contributed by atoms with E-state index in [-0.39, 0.29) is 11.9 Å². The van der Waals surface area contributed by atoms with Crippen molar-refractivity contribution in [2.45, 2.75) is 44.6 Å². The number of ether oxygens (including phenoxy) is 2. The van der Waals surface area contributed by atoms with Crippen LogP contribution < -0.4 is 20.5 Å². The minimum Gasteiger partial charge on any atom is -0.493 e. The van der Waals surface area contributed by atoms with Crippen LogP contribution >= 0.6 is 11.3 Å². The fourth-order valence-corrected chi connectivity index (χ4v) is 6.06. The Hall–Kier alpha value is -3.58. The molecule has 2 heterocycles. The van der Waals surface area contributed by atoms with E-state index in [4.69, 9.17) is 20.2 Å². The molecule has 5 rings (SSSR count). The molecule has 0 saturated heterocycles. The number of anilines is 1. The van der Waals surface area contributed by atoms with Crippen LogP contribution in [0.3, 0.4) is 0 Å². The number of carbonyl (C=O) groups excluding carboxylic acids is 1. The maximum absolute atomic E-state index is 13.4. The second-order valence-electron chi connectivity index (χ2n) is 9.15. The van der Waals surface area contributed by atoms with Gasteiger partial charge in [0.05, 0.1) is 25.6 Å². The summed E-state index contributed by atoms with van der Waals surface area (Å²) in [5.74, 6) is 1.12. The van der Waals surface area contributed by atoms with E-state index in [0.29, 0.717) is 22.1 Å². The van der Waals surface area contributed by atoms with Gasteiger partial charge in [-0.3, -0.25) is 4.79 Å². The molecule has 3 N–H and O–H groups in total. The molecule has 0 spiro atoms. The number of hydrogen-bond acceptors (Lipinski definition) is 6. The first kappa shape index (κ1) is 24.1. The summed E-state index contributed by atoms with van der Waals surface area (Å²) in [5.41, 5.74) is 10.6. The number of aromatic nitrogens is 1. The van der Waals surface area contributed by atoms with E-state index >= 15 is 0 Å². The Balaban J connectivity index is 1.67. The average molecular weight is 502 g/mol. The van der Waals surface area contributed by atoms with Crippen LogP contribution in [0.25, 0.3) is 32.6 Å². The fourth-order valence-electron chi connectivity index (χ4n) is 5.03. The van der Waals surface area contributed by atoms with Gasteiger partial charge in [0, 0.05) is 28.1 Å². The van der Waals surface area contributed by atoms with Gasteiger partial charge in [-0.1, -0.05) is 68.1 Å². The number of nitrogens with one attached hydrogen (secondary N) is 1. The molecule has 2 aromatic heterocycles. The normalized spacial score (nSPS) is 14.4. The molecular formula is C29H31N3O3S. The third-order valence-corrected chi connectivity index (χ3v) is 7.96. The first-order valence-electron chi connectivity index (χ1n) is 12.4. The first-order valence-corrected chi connectivity index (χ1v) is 13.2. The van der Waals surface area contributed by atoms with Gasteiger partial charge in [-0.05, 0) is 25.0 Å². The minimum absolute atomic E-state index is 0.118. The molecule has 0 atom stereocenters. The maximum atomic E-state index is 13.4. The van der Waals surface area contributed by atoms with Crippen molar-refractivity contribution in [1.29, 1.82) is 0 Å². The molecule has 1 saturated carbocycles. The Bertz CT molecular complexity index is 1380. The fraction of sp³-hybridized carbons (Fsp3) is 0.310. The molecule has 1 amide bonds. The molecule has 0 radical (unpaired) electrons. The van der Waals surface area contributed by atoms with Crippen molar-refractivity contribution < 1.29 is 14.3 Å². The Morgan fingerprint density at radius 3 is 2.42 bits per heavy atom. The van der Waals surface area contributed by atoms with Crippen LogP contribution in [0.1, 0.15) is 48.2 Å². The summed E-state index contributed by atoms with van der Waals surface area (Å²) >= 11 is 1.35. The van der Waals surface area contributed by atoms with Crippen LogP contribution in [-0.2, 0) is 0 Å². The van der Waals surface area contributed by atoms with E-state index in [1.54, 1.807) is 14.2 Å². The SMILES string of the molecule is COc1cccc(-c2cc(-c3ccccc3)nc3sc(C(=O)NC4CCCCCC4)c(N)c23)c1OC. The summed E-state index contributed by atoms with van der Waals surface area (Å²) in [6.45, 7) is 0. The van der Waals surface area contributed by atoms with Gasteiger partial charge in [0.15, 0.2) is 11.5 Å². The van der Waals surface area contributed by atoms with Crippen molar-refractivity contribution in [2.75, 3.05) is 20.0 Å². The van der Waals surface area contributed by atoms with Crippen molar-refractivity contribution in [1.82, 2.24) is 10.3 Å². The van der Waals surface area contributed by atoms with E-state index in [0.717, 1.165) is 58.3 Å². The zero-order valence-corrected chi connectivity index (χ0v) is 21.5. The van der Waals surface area contributed by atoms with Gasteiger partial charge in [0.25, 0.3) is 5.91 Å². The van der Waals surface area contributed by atoms with E-state index in [1.807, 2.05) is 54.6 Å². The number of rotatable bonds is 6. The van der Waals surface area contributed by atoms with Gasteiger partial charge in [0.1, 0.15) is 9.71 Å². The molecule has 1 fully saturated rings. The number of nitrogen functional groups attached to an aromatic ring is 1. The lowest BCUT2D eigenvalue weighted by molar-refractivity contribution is 0.0938. The predicted octanol–water partition coefficient (Wildman–Crippen LogP) is 6.68. The van der Waals surface area contributed by atoms with Crippen molar-refractivity contribution in [3.05, 3.63) is 59.5 Å². The monoisotopic (exact) mass is 501 g/mol. The molecule has 0 bridgehead atoms. The van der Waals surface area contributed by atoms with E-state index < -0.39 is 0 Å². The summed E-state index contributed by atoms with van der Waals surface area (Å²) in [7, 11) is 3.24. The predicted molar refractivity (Wildman–Crippen MR) is 147 cm³/mol. The zero-order chi connectivity index (χ0) is 25.1. The lowest BCUT2D eigenvalue weighted by Gasteiger charge is -2.16. The van der Waals surface area contributed by atoms with Gasteiger partial charge in [-0.15, -0.1) is 11.3 Å². The number of nitrogens with zero attached hydrogens (tertiary/aromatic N) is 1. The van der Waals surface area contributed by atoms with Gasteiger partial charge >= 0.3 is 0 Å². The molecule has 7 heteroatoms. The zero-order valence-electron chi connectivity index (χ0n) is 20.7. The minimum atomic E-state index is -0.118. The molecule has 2 aromatic carbocycles. The number of pyridine rings is 1. The van der Waals surface area contributed by atoms with Crippen LogP contribution in [0.15, 0.2) is 54.6 Å². The van der Waals surface area contributed by atoms with Crippen molar-refractivity contribution >= 4 is 33.1 Å². The van der Waals surface area contributed by atoms with Crippen LogP contribution in [0, 0.1) is 0 Å². The number of fused-ring (bicyclic) bond motifs is 1. The summed E-state index contributed by atoms with van der Waals surface area (Å²) < 4.78 is 11.3. The summed E-state index contributed by atoms with van der Waals surface area (Å²) in [4.78, 5) is 19.6. The van der Waals surface area contributed by atoms with Gasteiger partial charge in [-0.25, -0.2) is 4.98 Å². The number of hydrogen-bond donors (Lipinski definition) is 2. The molecule has 36 heavy (non-hydrogen) atoms. The molecule has 0 unspecified atom stereocenters. The van der Waals surface area contributed by atoms with Crippen LogP contribution in [0.4, 0.5) is 5.69 Å².